The van der Waals surface area contributed by atoms with Crippen molar-refractivity contribution >= 4 is 29.5 Å². The molecule has 3 amide bonds. The van der Waals surface area contributed by atoms with Crippen molar-refractivity contribution in [1.82, 2.24) is 10.6 Å². The van der Waals surface area contributed by atoms with Crippen molar-refractivity contribution in [1.29, 1.82) is 0 Å². The number of imide groups is 1. The molecule has 0 aromatic heterocycles. The molecular formula is C16H21ClN2O5. The second kappa shape index (κ2) is 9.12. The summed E-state index contributed by atoms with van der Waals surface area (Å²) >= 11 is 5.95. The molecule has 1 aromatic carbocycles. The smallest absolute Gasteiger partial charge is 0.344 e. The van der Waals surface area contributed by atoms with Crippen LogP contribution >= 0.6 is 11.6 Å². The molecule has 0 aliphatic carbocycles. The number of amides is 3. The van der Waals surface area contributed by atoms with E-state index in [0.717, 1.165) is 5.56 Å². The summed E-state index contributed by atoms with van der Waals surface area (Å²) in [6.45, 7) is 6.31. The van der Waals surface area contributed by atoms with Gasteiger partial charge in [0.05, 0.1) is 5.02 Å². The average Bonchev–Trinajstić information content (AvgIpc) is 2.47. The van der Waals surface area contributed by atoms with Gasteiger partial charge in [0, 0.05) is 6.04 Å². The highest BCUT2D eigenvalue weighted by molar-refractivity contribution is 6.32. The van der Waals surface area contributed by atoms with Crippen LogP contribution in [0.4, 0.5) is 4.79 Å². The van der Waals surface area contributed by atoms with E-state index in [1.807, 2.05) is 13.0 Å². The Morgan fingerprint density at radius 1 is 1.21 bits per heavy atom. The first-order valence-corrected chi connectivity index (χ1v) is 7.76. The number of rotatable bonds is 6. The molecule has 0 heterocycles. The molecular weight excluding hydrogens is 336 g/mol. The maximum Gasteiger partial charge on any atom is 0.344 e. The van der Waals surface area contributed by atoms with E-state index in [0.29, 0.717) is 10.8 Å². The minimum Gasteiger partial charge on any atom is -0.480 e. The number of carbonyl (C=O) groups excluding carboxylic acids is 3. The number of hydrogen-bond donors (Lipinski definition) is 2. The minimum absolute atomic E-state index is 0.122. The number of hydrogen-bond acceptors (Lipinski definition) is 5. The van der Waals surface area contributed by atoms with E-state index in [2.05, 4.69) is 10.6 Å². The Labute approximate surface area is 145 Å². The standard InChI is InChI=1S/C16H21ClN2O5/c1-9(2)18-16(22)19-15(21)11(4)24-14(20)8-23-13-7-10(3)5-6-12(13)17/h5-7,9,11H,8H2,1-4H3,(H2,18,19,21,22)/t11-/m1/s1. The van der Waals surface area contributed by atoms with Crippen LogP contribution in [0.25, 0.3) is 0 Å². The van der Waals surface area contributed by atoms with Crippen molar-refractivity contribution in [3.63, 3.8) is 0 Å². The first kappa shape index (κ1) is 19.8. The number of nitrogens with one attached hydrogen (secondary N) is 2. The highest BCUT2D eigenvalue weighted by Crippen LogP contribution is 2.25. The molecule has 7 nitrogen and oxygen atoms in total. The first-order valence-electron chi connectivity index (χ1n) is 7.38. The number of aryl methyl sites for hydroxylation is 1. The zero-order chi connectivity index (χ0) is 18.3. The van der Waals surface area contributed by atoms with E-state index >= 15 is 0 Å². The first-order chi connectivity index (χ1) is 11.2. The van der Waals surface area contributed by atoms with E-state index in [4.69, 9.17) is 21.1 Å². The fourth-order valence-electron chi connectivity index (χ4n) is 1.65. The van der Waals surface area contributed by atoms with E-state index in [1.54, 1.807) is 26.0 Å². The van der Waals surface area contributed by atoms with Crippen molar-refractivity contribution in [2.24, 2.45) is 0 Å². The Kier molecular flexibility index (Phi) is 7.51. The van der Waals surface area contributed by atoms with Gasteiger partial charge in [-0.25, -0.2) is 9.59 Å². The second-order valence-electron chi connectivity index (χ2n) is 5.47. The molecule has 0 unspecified atom stereocenters. The van der Waals surface area contributed by atoms with Gasteiger partial charge in [-0.05, 0) is 45.4 Å². The molecule has 1 atom stereocenters. The molecule has 0 bridgehead atoms. The molecule has 132 valence electrons. The number of urea groups is 1. The van der Waals surface area contributed by atoms with Gasteiger partial charge in [-0.2, -0.15) is 0 Å². The molecule has 0 aliphatic heterocycles. The lowest BCUT2D eigenvalue weighted by Crippen LogP contribution is -2.46. The van der Waals surface area contributed by atoms with Crippen molar-refractivity contribution < 1.29 is 23.9 Å². The van der Waals surface area contributed by atoms with Gasteiger partial charge in [-0.15, -0.1) is 0 Å². The van der Waals surface area contributed by atoms with Crippen molar-refractivity contribution in [3.05, 3.63) is 28.8 Å². The molecule has 0 radical (unpaired) electrons. The van der Waals surface area contributed by atoms with Gasteiger partial charge in [0.15, 0.2) is 12.7 Å². The number of esters is 1. The molecule has 2 N–H and O–H groups in total. The third-order valence-corrected chi connectivity index (χ3v) is 3.08. The topological polar surface area (TPSA) is 93.7 Å². The lowest BCUT2D eigenvalue weighted by Gasteiger charge is -2.15. The number of carbonyl (C=O) groups is 3. The van der Waals surface area contributed by atoms with Gasteiger partial charge in [-0.1, -0.05) is 17.7 Å². The summed E-state index contributed by atoms with van der Waals surface area (Å²) in [6.07, 6.45) is -1.13. The number of ether oxygens (including phenoxy) is 2. The van der Waals surface area contributed by atoms with E-state index in [-0.39, 0.29) is 6.04 Å². The lowest BCUT2D eigenvalue weighted by molar-refractivity contribution is -0.156. The molecule has 0 saturated carbocycles. The van der Waals surface area contributed by atoms with Gasteiger partial charge in [0.25, 0.3) is 5.91 Å². The van der Waals surface area contributed by atoms with Gasteiger partial charge in [-0.3, -0.25) is 10.1 Å². The highest BCUT2D eigenvalue weighted by atomic mass is 35.5. The molecule has 1 aromatic rings. The molecule has 24 heavy (non-hydrogen) atoms. The molecule has 0 fully saturated rings. The van der Waals surface area contributed by atoms with Crippen molar-refractivity contribution in [3.8, 4) is 5.75 Å². The minimum atomic E-state index is -1.13. The summed E-state index contributed by atoms with van der Waals surface area (Å²) < 4.78 is 10.2. The van der Waals surface area contributed by atoms with Crippen LogP contribution in [-0.4, -0.2) is 36.7 Å². The van der Waals surface area contributed by atoms with Gasteiger partial charge < -0.3 is 14.8 Å². The largest absolute Gasteiger partial charge is 0.480 e. The van der Waals surface area contributed by atoms with Crippen LogP contribution in [0.5, 0.6) is 5.75 Å². The van der Waals surface area contributed by atoms with Gasteiger partial charge in [0.2, 0.25) is 0 Å². The third kappa shape index (κ3) is 6.87. The van der Waals surface area contributed by atoms with Gasteiger partial charge >= 0.3 is 12.0 Å². The summed E-state index contributed by atoms with van der Waals surface area (Å²) in [5.41, 5.74) is 0.923. The summed E-state index contributed by atoms with van der Waals surface area (Å²) in [5.74, 6) is -1.13. The summed E-state index contributed by atoms with van der Waals surface area (Å²) in [6, 6.07) is 4.37. The van der Waals surface area contributed by atoms with Gasteiger partial charge in [0.1, 0.15) is 5.75 Å². The molecule has 1 rings (SSSR count). The Morgan fingerprint density at radius 2 is 1.88 bits per heavy atom. The normalized spacial score (nSPS) is 11.6. The van der Waals surface area contributed by atoms with Crippen LogP contribution < -0.4 is 15.4 Å². The summed E-state index contributed by atoms with van der Waals surface area (Å²) in [7, 11) is 0. The van der Waals surface area contributed by atoms with Crippen LogP contribution in [0.15, 0.2) is 18.2 Å². The van der Waals surface area contributed by atoms with Crippen LogP contribution in [0.3, 0.4) is 0 Å². The second-order valence-corrected chi connectivity index (χ2v) is 5.88. The monoisotopic (exact) mass is 356 g/mol. The Morgan fingerprint density at radius 3 is 2.50 bits per heavy atom. The SMILES string of the molecule is Cc1ccc(Cl)c(OCC(=O)O[C@H](C)C(=O)NC(=O)NC(C)C)c1. The van der Waals surface area contributed by atoms with E-state index in [1.165, 1.54) is 6.92 Å². The predicted molar refractivity (Wildman–Crippen MR) is 89.0 cm³/mol. The molecule has 0 spiro atoms. The van der Waals surface area contributed by atoms with Crippen LogP contribution in [-0.2, 0) is 14.3 Å². The predicted octanol–water partition coefficient (Wildman–Crippen LogP) is 2.19. The molecule has 0 saturated heterocycles. The zero-order valence-corrected chi connectivity index (χ0v) is 14.8. The molecule has 0 aliphatic rings. The average molecular weight is 357 g/mol. The van der Waals surface area contributed by atoms with Crippen LogP contribution in [0.2, 0.25) is 5.02 Å². The van der Waals surface area contributed by atoms with Crippen molar-refractivity contribution in [2.45, 2.75) is 39.8 Å². The quantitative estimate of drug-likeness (QED) is 0.762. The third-order valence-electron chi connectivity index (χ3n) is 2.77. The summed E-state index contributed by atoms with van der Waals surface area (Å²) in [4.78, 5) is 34.9. The van der Waals surface area contributed by atoms with E-state index in [9.17, 15) is 14.4 Å². The van der Waals surface area contributed by atoms with E-state index < -0.39 is 30.6 Å². The Bertz CT molecular complexity index is 618. The lowest BCUT2D eigenvalue weighted by atomic mass is 10.2. The number of benzene rings is 1. The highest BCUT2D eigenvalue weighted by Gasteiger charge is 2.20. The summed E-state index contributed by atoms with van der Waals surface area (Å²) in [5, 5.41) is 4.93. The van der Waals surface area contributed by atoms with Crippen LogP contribution in [0.1, 0.15) is 26.3 Å². The maximum absolute atomic E-state index is 11.7. The van der Waals surface area contributed by atoms with Crippen LogP contribution in [0, 0.1) is 6.92 Å². The maximum atomic E-state index is 11.7. The number of halogens is 1. The Balaban J connectivity index is 2.45. The molecule has 8 heteroatoms. The Hall–Kier alpha value is -2.28. The fraction of sp³-hybridized carbons (Fsp3) is 0.438. The zero-order valence-electron chi connectivity index (χ0n) is 14.0. The van der Waals surface area contributed by atoms with Crippen molar-refractivity contribution in [2.75, 3.05) is 6.61 Å². The fourth-order valence-corrected chi connectivity index (χ4v) is 1.83.